The zero-order chi connectivity index (χ0) is 5.98. The molecule has 1 heterocycles. The second kappa shape index (κ2) is 3.02. The van der Waals surface area contributed by atoms with Gasteiger partial charge in [0.25, 0.3) is 0 Å². The lowest BCUT2D eigenvalue weighted by atomic mass is 10.1. The van der Waals surface area contributed by atoms with Gasteiger partial charge in [0, 0.05) is 16.1 Å². The fraction of sp³-hybridized carbons (Fsp3) is 1.00. The molecule has 1 atom stereocenters. The van der Waals surface area contributed by atoms with E-state index < -0.39 is 0 Å². The summed E-state index contributed by atoms with van der Waals surface area (Å²) in [6.45, 7) is 4.62. The van der Waals surface area contributed by atoms with Gasteiger partial charge in [-0.05, 0) is 5.92 Å². The van der Waals surface area contributed by atoms with Crippen LogP contribution in [0.25, 0.3) is 0 Å². The minimum Gasteiger partial charge on any atom is -0.150 e. The molecule has 8 heavy (non-hydrogen) atoms. The molecule has 1 fully saturated rings. The molecule has 0 aliphatic carbocycles. The Hall–Kier alpha value is 0.700. The molecule has 1 rings (SSSR count). The van der Waals surface area contributed by atoms with E-state index in [0.717, 1.165) is 11.2 Å². The van der Waals surface area contributed by atoms with Crippen LogP contribution < -0.4 is 0 Å². The van der Waals surface area contributed by atoms with E-state index in [1.807, 2.05) is 0 Å². The van der Waals surface area contributed by atoms with Crippen LogP contribution in [-0.4, -0.2) is 16.1 Å². The monoisotopic (exact) mass is 148 g/mol. The van der Waals surface area contributed by atoms with Crippen LogP contribution >= 0.6 is 23.5 Å². The zero-order valence-corrected chi connectivity index (χ0v) is 7.02. The fourth-order valence-corrected chi connectivity index (χ4v) is 3.88. The maximum atomic E-state index is 2.31. The van der Waals surface area contributed by atoms with Crippen molar-refractivity contribution in [2.75, 3.05) is 10.8 Å². The van der Waals surface area contributed by atoms with E-state index in [9.17, 15) is 0 Å². The van der Waals surface area contributed by atoms with Gasteiger partial charge in [0.15, 0.2) is 0 Å². The molecule has 1 saturated heterocycles. The molecule has 0 spiro atoms. The molecular weight excluding hydrogens is 136 g/mol. The Kier molecular flexibility index (Phi) is 2.57. The van der Waals surface area contributed by atoms with E-state index in [0.29, 0.717) is 0 Å². The molecule has 0 aromatic rings. The van der Waals surface area contributed by atoms with Gasteiger partial charge < -0.3 is 0 Å². The van der Waals surface area contributed by atoms with E-state index in [2.05, 4.69) is 37.4 Å². The highest BCUT2D eigenvalue weighted by Crippen LogP contribution is 2.33. The molecule has 0 N–H and O–H groups in total. The lowest BCUT2D eigenvalue weighted by Gasteiger charge is -2.09. The third-order valence-electron chi connectivity index (χ3n) is 1.39. The third kappa shape index (κ3) is 1.59. The molecule has 0 nitrogen and oxygen atoms in total. The summed E-state index contributed by atoms with van der Waals surface area (Å²) in [7, 11) is 0. The second-order valence-corrected chi connectivity index (χ2v) is 5.06. The second-order valence-electron chi connectivity index (χ2n) is 2.44. The van der Waals surface area contributed by atoms with Gasteiger partial charge in [-0.2, -0.15) is 0 Å². The zero-order valence-electron chi connectivity index (χ0n) is 5.39. The molecule has 1 aliphatic heterocycles. The Morgan fingerprint density at radius 2 is 2.25 bits per heavy atom. The van der Waals surface area contributed by atoms with Gasteiger partial charge in [0.1, 0.15) is 0 Å². The molecule has 2 heteroatoms. The van der Waals surface area contributed by atoms with Crippen LogP contribution in [0.2, 0.25) is 0 Å². The molecule has 0 amide bonds. The van der Waals surface area contributed by atoms with Crippen molar-refractivity contribution in [2.24, 2.45) is 5.92 Å². The summed E-state index contributed by atoms with van der Waals surface area (Å²) < 4.78 is 0. The van der Waals surface area contributed by atoms with Crippen molar-refractivity contribution >= 4 is 23.5 Å². The topological polar surface area (TPSA) is 0 Å². The predicted octanol–water partition coefficient (Wildman–Crippen LogP) is 2.45. The van der Waals surface area contributed by atoms with E-state index >= 15 is 0 Å². The van der Waals surface area contributed by atoms with Crippen LogP contribution in [0.15, 0.2) is 0 Å². The Bertz CT molecular complexity index is 64.9. The van der Waals surface area contributed by atoms with Crippen molar-refractivity contribution in [3.63, 3.8) is 0 Å². The lowest BCUT2D eigenvalue weighted by Crippen LogP contribution is -2.08. The molecule has 48 valence electrons. The third-order valence-corrected chi connectivity index (χ3v) is 4.55. The van der Waals surface area contributed by atoms with Crippen molar-refractivity contribution in [2.45, 2.75) is 19.1 Å². The van der Waals surface area contributed by atoms with Crippen LogP contribution in [0.4, 0.5) is 0 Å². The minimum atomic E-state index is 0.884. The summed E-state index contributed by atoms with van der Waals surface area (Å²) in [5.41, 5.74) is 0. The standard InChI is InChI=1S/C6H12S2/c1-5(2)6-3-7-4-8-6/h5-6H,3-4H2,1-2H3. The molecule has 0 aromatic heterocycles. The lowest BCUT2D eigenvalue weighted by molar-refractivity contribution is 0.652. The fourth-order valence-electron chi connectivity index (χ4n) is 0.733. The first-order valence-electron chi connectivity index (χ1n) is 3.00. The van der Waals surface area contributed by atoms with Gasteiger partial charge in [-0.1, -0.05) is 13.8 Å². The highest BCUT2D eigenvalue weighted by atomic mass is 32.2. The highest BCUT2D eigenvalue weighted by Gasteiger charge is 2.18. The summed E-state index contributed by atoms with van der Waals surface area (Å²) in [5, 5.41) is 2.27. The molecule has 1 unspecified atom stereocenters. The summed E-state index contributed by atoms with van der Waals surface area (Å²) in [4.78, 5) is 0. The molecule has 0 aromatic carbocycles. The van der Waals surface area contributed by atoms with E-state index in [4.69, 9.17) is 0 Å². The maximum Gasteiger partial charge on any atom is 0.0395 e. The largest absolute Gasteiger partial charge is 0.150 e. The van der Waals surface area contributed by atoms with Crippen LogP contribution in [0.1, 0.15) is 13.8 Å². The first-order chi connectivity index (χ1) is 3.80. The average Bonchev–Trinajstić information content (AvgIpc) is 2.12. The summed E-state index contributed by atoms with van der Waals surface area (Å²) in [6, 6.07) is 0. The first kappa shape index (κ1) is 6.81. The minimum absolute atomic E-state index is 0.884. The highest BCUT2D eigenvalue weighted by molar-refractivity contribution is 8.19. The van der Waals surface area contributed by atoms with E-state index in [-0.39, 0.29) is 0 Å². The molecular formula is C6H12S2. The van der Waals surface area contributed by atoms with Gasteiger partial charge in [-0.15, -0.1) is 23.5 Å². The van der Waals surface area contributed by atoms with E-state index in [1.165, 1.54) is 10.8 Å². The first-order valence-corrected chi connectivity index (χ1v) is 5.20. The number of thioether (sulfide) groups is 2. The molecule has 0 radical (unpaired) electrons. The number of rotatable bonds is 1. The molecule has 0 bridgehead atoms. The van der Waals surface area contributed by atoms with Gasteiger partial charge in [0.2, 0.25) is 0 Å². The van der Waals surface area contributed by atoms with Crippen molar-refractivity contribution in [1.82, 2.24) is 0 Å². The van der Waals surface area contributed by atoms with Crippen molar-refractivity contribution in [3.8, 4) is 0 Å². The van der Waals surface area contributed by atoms with Crippen molar-refractivity contribution in [3.05, 3.63) is 0 Å². The Morgan fingerprint density at radius 1 is 1.50 bits per heavy atom. The summed E-state index contributed by atoms with van der Waals surface area (Å²) in [6.07, 6.45) is 0. The van der Waals surface area contributed by atoms with Gasteiger partial charge in [0.05, 0.1) is 0 Å². The van der Waals surface area contributed by atoms with Crippen molar-refractivity contribution < 1.29 is 0 Å². The van der Waals surface area contributed by atoms with Crippen LogP contribution in [0.5, 0.6) is 0 Å². The van der Waals surface area contributed by atoms with Gasteiger partial charge >= 0.3 is 0 Å². The molecule has 0 saturated carbocycles. The normalized spacial score (nSPS) is 29.6. The van der Waals surface area contributed by atoms with E-state index in [1.54, 1.807) is 0 Å². The van der Waals surface area contributed by atoms with Crippen molar-refractivity contribution in [1.29, 1.82) is 0 Å². The number of hydrogen-bond acceptors (Lipinski definition) is 2. The average molecular weight is 148 g/mol. The Labute approximate surface area is 59.8 Å². The van der Waals surface area contributed by atoms with Gasteiger partial charge in [-0.25, -0.2) is 0 Å². The van der Waals surface area contributed by atoms with Crippen LogP contribution in [0.3, 0.4) is 0 Å². The van der Waals surface area contributed by atoms with Crippen LogP contribution in [-0.2, 0) is 0 Å². The SMILES string of the molecule is CC(C)C1CSCS1. The molecule has 1 aliphatic rings. The number of hydrogen-bond donors (Lipinski definition) is 0. The predicted molar refractivity (Wildman–Crippen MR) is 43.5 cm³/mol. The van der Waals surface area contributed by atoms with Crippen LogP contribution in [0, 0.1) is 5.92 Å². The quantitative estimate of drug-likeness (QED) is 0.560. The summed E-state index contributed by atoms with van der Waals surface area (Å²) >= 11 is 4.19. The van der Waals surface area contributed by atoms with Gasteiger partial charge in [-0.3, -0.25) is 0 Å². The Morgan fingerprint density at radius 3 is 2.50 bits per heavy atom. The summed E-state index contributed by atoms with van der Waals surface area (Å²) in [5.74, 6) is 2.26. The smallest absolute Gasteiger partial charge is 0.0395 e. The Balaban J connectivity index is 2.24. The maximum absolute atomic E-state index is 2.31.